The van der Waals surface area contributed by atoms with Crippen LogP contribution >= 0.6 is 0 Å². The number of aromatic amines is 1. The Hall–Kier alpha value is -4.58. The van der Waals surface area contributed by atoms with Gasteiger partial charge in [-0.05, 0) is 88.9 Å². The number of allylic oxidation sites excluding steroid dienone is 2. The summed E-state index contributed by atoms with van der Waals surface area (Å²) in [5.41, 5.74) is 3.02. The number of carbonyl (C=O) groups is 1. The summed E-state index contributed by atoms with van der Waals surface area (Å²) in [5.74, 6) is -0.562. The van der Waals surface area contributed by atoms with E-state index < -0.39 is 11.6 Å². The van der Waals surface area contributed by atoms with Crippen LogP contribution in [0.25, 0.3) is 6.08 Å². The molecular weight excluding hydrogens is 572 g/mol. The van der Waals surface area contributed by atoms with Gasteiger partial charge in [0.1, 0.15) is 0 Å². The van der Waals surface area contributed by atoms with Crippen LogP contribution in [-0.4, -0.2) is 45.1 Å². The Labute approximate surface area is 265 Å². The highest BCUT2D eigenvalue weighted by atomic mass is 19.2. The lowest BCUT2D eigenvalue weighted by molar-refractivity contribution is -0.132. The number of piperidine rings is 1. The molecule has 9 heteroatoms. The maximum absolute atomic E-state index is 12.9. The van der Waals surface area contributed by atoms with Gasteiger partial charge >= 0.3 is 5.69 Å². The summed E-state index contributed by atoms with van der Waals surface area (Å²) in [5, 5.41) is 0. The van der Waals surface area contributed by atoms with Crippen molar-refractivity contribution in [3.05, 3.63) is 100 Å². The predicted molar refractivity (Wildman–Crippen MR) is 180 cm³/mol. The SMILES string of the molecule is C#C.C/C=C\C.C=Cc1c(N=C)[nH]c(=O)n1C1CCN(C(=O)CC[C@@H]2CCCCc3cccnc32)CC1.Fc1ccccc1F. The van der Waals surface area contributed by atoms with Crippen LogP contribution in [0.15, 0.2) is 71.1 Å². The standard InChI is InChI=1S/C24H31N5O2.C6H4F2.C4H8.C2H2/c1-3-20-23(25-2)27-24(31)29(20)19-12-15-28(16-13-19)21(30)11-10-18-8-5-4-7-17-9-6-14-26-22(17)18;7-5-3-1-2-4-6(5)8;1-3-4-2;1-2/h3,6,9,14,18-19H,1-2,4-5,7-8,10-13,15-16H2,(H,27,31);1-4H;3-4H,1-2H3;1-2H/b;;4-3-;/t18-;;;/m0.../s1. The number of pyridine rings is 1. The number of nitrogens with zero attached hydrogens (tertiary/aromatic N) is 4. The number of carbonyl (C=O) groups excluding carboxylic acids is 1. The first-order valence-electron chi connectivity index (χ1n) is 15.3. The molecule has 1 aliphatic heterocycles. The summed E-state index contributed by atoms with van der Waals surface area (Å²) in [6.45, 7) is 12.6. The van der Waals surface area contributed by atoms with Gasteiger partial charge in [-0.1, -0.05) is 43.4 Å². The molecule has 2 aromatic heterocycles. The number of likely N-dealkylation sites (tertiary alicyclic amines) is 1. The number of fused-ring (bicyclic) bond motifs is 1. The number of rotatable bonds is 6. The Balaban J connectivity index is 0.000000420. The predicted octanol–water partition coefficient (Wildman–Crippen LogP) is 7.80. The molecule has 5 rings (SSSR count). The smallest absolute Gasteiger partial charge is 0.327 e. The number of hydrogen-bond acceptors (Lipinski definition) is 4. The van der Waals surface area contributed by atoms with E-state index in [4.69, 9.17) is 0 Å². The zero-order valence-electron chi connectivity index (χ0n) is 26.4. The first kappa shape index (κ1) is 36.6. The van der Waals surface area contributed by atoms with Crippen molar-refractivity contribution in [2.24, 2.45) is 4.99 Å². The number of halogens is 2. The maximum atomic E-state index is 12.9. The fourth-order valence-corrected chi connectivity index (χ4v) is 5.55. The van der Waals surface area contributed by atoms with Crippen LogP contribution in [0, 0.1) is 24.5 Å². The van der Waals surface area contributed by atoms with Crippen LogP contribution in [0.2, 0.25) is 0 Å². The Morgan fingerprint density at radius 2 is 1.71 bits per heavy atom. The molecule has 7 nitrogen and oxygen atoms in total. The Bertz CT molecular complexity index is 1460. The molecule has 1 amide bonds. The summed E-state index contributed by atoms with van der Waals surface area (Å²) in [4.78, 5) is 38.5. The van der Waals surface area contributed by atoms with Crippen LogP contribution < -0.4 is 5.69 Å². The second-order valence-corrected chi connectivity index (χ2v) is 10.6. The normalized spacial score (nSPS) is 16.0. The van der Waals surface area contributed by atoms with Gasteiger partial charge in [0.15, 0.2) is 17.5 Å². The number of H-pyrrole nitrogens is 1. The van der Waals surface area contributed by atoms with Crippen molar-refractivity contribution in [3.63, 3.8) is 0 Å². The van der Waals surface area contributed by atoms with Crippen LogP contribution in [0.5, 0.6) is 0 Å². The minimum absolute atomic E-state index is 0.0363. The molecule has 1 saturated heterocycles. The zero-order valence-corrected chi connectivity index (χ0v) is 26.4. The lowest BCUT2D eigenvalue weighted by Crippen LogP contribution is -2.40. The van der Waals surface area contributed by atoms with Crippen molar-refractivity contribution in [1.29, 1.82) is 0 Å². The second kappa shape index (κ2) is 19.6. The van der Waals surface area contributed by atoms with E-state index in [1.807, 2.05) is 43.2 Å². The fraction of sp³-hybridized carbons (Fsp3) is 0.389. The zero-order chi connectivity index (χ0) is 33.2. The van der Waals surface area contributed by atoms with Crippen molar-refractivity contribution < 1.29 is 13.6 Å². The quantitative estimate of drug-likeness (QED) is 0.133. The van der Waals surface area contributed by atoms with E-state index in [1.165, 1.54) is 36.2 Å². The van der Waals surface area contributed by atoms with E-state index in [0.717, 1.165) is 44.2 Å². The molecule has 3 aromatic rings. The van der Waals surface area contributed by atoms with Gasteiger partial charge in [0, 0.05) is 43.4 Å². The van der Waals surface area contributed by atoms with Gasteiger partial charge in [0.05, 0.1) is 5.69 Å². The van der Waals surface area contributed by atoms with Gasteiger partial charge in [0.2, 0.25) is 5.91 Å². The molecule has 1 atom stereocenters. The number of amides is 1. The van der Waals surface area contributed by atoms with Crippen molar-refractivity contribution in [2.75, 3.05) is 13.1 Å². The highest BCUT2D eigenvalue weighted by Gasteiger charge is 2.28. The number of imidazole rings is 1. The number of benzene rings is 1. The number of aromatic nitrogens is 3. The average molecular weight is 618 g/mol. The molecule has 240 valence electrons. The summed E-state index contributed by atoms with van der Waals surface area (Å²) in [7, 11) is 0. The number of aliphatic imine (C=N–C) groups is 1. The van der Waals surface area contributed by atoms with Gasteiger partial charge in [-0.15, -0.1) is 12.8 Å². The molecule has 2 aliphatic rings. The molecular formula is C36H45F2N5O2. The van der Waals surface area contributed by atoms with E-state index in [1.54, 1.807) is 10.6 Å². The van der Waals surface area contributed by atoms with Crippen LogP contribution in [0.3, 0.4) is 0 Å². The molecule has 0 unspecified atom stereocenters. The molecule has 0 radical (unpaired) electrons. The summed E-state index contributed by atoms with van der Waals surface area (Å²) in [6, 6.07) is 9.27. The summed E-state index contributed by atoms with van der Waals surface area (Å²) in [6.07, 6.45) is 23.0. The molecule has 1 fully saturated rings. The highest BCUT2D eigenvalue weighted by Crippen LogP contribution is 2.33. The largest absolute Gasteiger partial charge is 0.343 e. The molecule has 1 aromatic carbocycles. The number of hydrogen-bond donors (Lipinski definition) is 1. The summed E-state index contributed by atoms with van der Waals surface area (Å²) < 4.78 is 25.6. The molecule has 1 aliphatic carbocycles. The van der Waals surface area contributed by atoms with E-state index in [-0.39, 0.29) is 17.6 Å². The number of nitrogens with one attached hydrogen (secondary N) is 1. The summed E-state index contributed by atoms with van der Waals surface area (Å²) >= 11 is 0. The lowest BCUT2D eigenvalue weighted by atomic mass is 9.92. The molecule has 3 heterocycles. The fourth-order valence-electron chi connectivity index (χ4n) is 5.55. The first-order valence-corrected chi connectivity index (χ1v) is 15.3. The third-order valence-corrected chi connectivity index (χ3v) is 7.91. The molecule has 0 bridgehead atoms. The van der Waals surface area contributed by atoms with Crippen molar-refractivity contribution >= 4 is 24.5 Å². The van der Waals surface area contributed by atoms with Crippen LogP contribution in [0.1, 0.15) is 87.7 Å². The van der Waals surface area contributed by atoms with E-state index in [2.05, 4.69) is 47.2 Å². The maximum Gasteiger partial charge on any atom is 0.327 e. The minimum Gasteiger partial charge on any atom is -0.343 e. The van der Waals surface area contributed by atoms with Gasteiger partial charge in [-0.25, -0.2) is 18.6 Å². The Morgan fingerprint density at radius 3 is 2.27 bits per heavy atom. The van der Waals surface area contributed by atoms with E-state index in [9.17, 15) is 18.4 Å². The Kier molecular flexibility index (Phi) is 16.0. The van der Waals surface area contributed by atoms with E-state index >= 15 is 0 Å². The first-order chi connectivity index (χ1) is 21.8. The molecule has 45 heavy (non-hydrogen) atoms. The number of terminal acetylenes is 1. The molecule has 0 saturated carbocycles. The van der Waals surface area contributed by atoms with Gasteiger partial charge in [0.25, 0.3) is 0 Å². The number of aryl methyl sites for hydroxylation is 1. The monoisotopic (exact) mass is 617 g/mol. The third kappa shape index (κ3) is 10.5. The Morgan fingerprint density at radius 1 is 1.07 bits per heavy atom. The van der Waals surface area contributed by atoms with Gasteiger partial charge in [-0.3, -0.25) is 19.3 Å². The average Bonchev–Trinajstić information content (AvgIpc) is 3.27. The van der Waals surface area contributed by atoms with Crippen LogP contribution in [0.4, 0.5) is 14.6 Å². The third-order valence-electron chi connectivity index (χ3n) is 7.91. The van der Waals surface area contributed by atoms with Crippen molar-refractivity contribution in [1.82, 2.24) is 19.4 Å². The topological polar surface area (TPSA) is 83.4 Å². The van der Waals surface area contributed by atoms with Gasteiger partial charge < -0.3 is 4.90 Å². The highest BCUT2D eigenvalue weighted by molar-refractivity contribution is 5.76. The second-order valence-electron chi connectivity index (χ2n) is 10.6. The van der Waals surface area contributed by atoms with Crippen molar-refractivity contribution in [2.45, 2.75) is 77.2 Å². The molecule has 0 spiro atoms. The molecule has 1 N–H and O–H groups in total. The lowest BCUT2D eigenvalue weighted by Gasteiger charge is -2.33. The van der Waals surface area contributed by atoms with E-state index in [0.29, 0.717) is 36.9 Å². The van der Waals surface area contributed by atoms with Crippen LogP contribution in [-0.2, 0) is 11.2 Å². The van der Waals surface area contributed by atoms with Crippen molar-refractivity contribution in [3.8, 4) is 12.8 Å². The van der Waals surface area contributed by atoms with Gasteiger partial charge in [-0.2, -0.15) is 0 Å². The minimum atomic E-state index is -0.799.